The Morgan fingerprint density at radius 3 is 2.71 bits per heavy atom. The zero-order valence-corrected chi connectivity index (χ0v) is 13.1. The first-order chi connectivity index (χ1) is 11.6. The molecule has 1 heterocycles. The number of hydrogen-bond acceptors (Lipinski definition) is 2. The number of benzene rings is 2. The Hall–Kier alpha value is -3.15. The molecule has 0 radical (unpaired) electrons. The second-order valence-electron chi connectivity index (χ2n) is 5.38. The Kier molecular flexibility index (Phi) is 4.56. The van der Waals surface area contributed by atoms with Crippen molar-refractivity contribution in [1.82, 2.24) is 15.5 Å². The molecule has 0 spiro atoms. The van der Waals surface area contributed by atoms with Crippen LogP contribution in [0.4, 0.5) is 14.9 Å². The molecular formula is C18H17FN4O. The normalized spacial score (nSPS) is 10.4. The molecule has 0 unspecified atom stereocenters. The molecule has 5 nitrogen and oxygen atoms in total. The van der Waals surface area contributed by atoms with Crippen molar-refractivity contribution < 1.29 is 9.18 Å². The summed E-state index contributed by atoms with van der Waals surface area (Å²) in [5.41, 5.74) is 3.33. The molecule has 0 saturated carbocycles. The number of aromatic nitrogens is 2. The maximum Gasteiger partial charge on any atom is 0.319 e. The number of anilines is 1. The van der Waals surface area contributed by atoms with Gasteiger partial charge in [-0.25, -0.2) is 9.18 Å². The van der Waals surface area contributed by atoms with Crippen molar-refractivity contribution in [2.24, 2.45) is 0 Å². The number of nitrogens with zero attached hydrogens (tertiary/aromatic N) is 1. The van der Waals surface area contributed by atoms with Gasteiger partial charge in [0, 0.05) is 12.1 Å². The van der Waals surface area contributed by atoms with Crippen LogP contribution in [-0.4, -0.2) is 16.2 Å². The molecule has 0 aliphatic carbocycles. The molecule has 24 heavy (non-hydrogen) atoms. The predicted molar refractivity (Wildman–Crippen MR) is 91.0 cm³/mol. The molecule has 1 aromatic heterocycles. The number of rotatable bonds is 4. The average Bonchev–Trinajstić information content (AvgIpc) is 2.95. The van der Waals surface area contributed by atoms with Crippen molar-refractivity contribution in [1.29, 1.82) is 0 Å². The van der Waals surface area contributed by atoms with Crippen molar-refractivity contribution in [3.63, 3.8) is 0 Å². The Labute approximate surface area is 138 Å². The molecule has 0 fully saturated rings. The highest BCUT2D eigenvalue weighted by atomic mass is 19.1. The Morgan fingerprint density at radius 1 is 1.17 bits per heavy atom. The first kappa shape index (κ1) is 15.7. The van der Waals surface area contributed by atoms with Gasteiger partial charge in [0.1, 0.15) is 11.5 Å². The fourth-order valence-corrected chi connectivity index (χ4v) is 2.36. The fourth-order valence-electron chi connectivity index (χ4n) is 2.36. The van der Waals surface area contributed by atoms with Crippen molar-refractivity contribution in [2.75, 3.05) is 5.32 Å². The summed E-state index contributed by atoms with van der Waals surface area (Å²) in [6, 6.07) is 15.4. The molecule has 0 saturated heterocycles. The van der Waals surface area contributed by atoms with Crippen LogP contribution in [0.25, 0.3) is 11.3 Å². The lowest BCUT2D eigenvalue weighted by Crippen LogP contribution is -2.28. The number of aromatic amines is 1. The predicted octanol–water partition coefficient (Wildman–Crippen LogP) is 3.85. The number of H-pyrrole nitrogens is 1. The molecule has 6 heteroatoms. The van der Waals surface area contributed by atoms with E-state index in [2.05, 4.69) is 20.8 Å². The topological polar surface area (TPSA) is 69.8 Å². The minimum atomic E-state index is -0.354. The van der Waals surface area contributed by atoms with E-state index < -0.39 is 0 Å². The minimum Gasteiger partial charge on any atom is -0.334 e. The summed E-state index contributed by atoms with van der Waals surface area (Å²) >= 11 is 0. The van der Waals surface area contributed by atoms with E-state index in [0.29, 0.717) is 29.2 Å². The van der Waals surface area contributed by atoms with Gasteiger partial charge in [0.15, 0.2) is 0 Å². The van der Waals surface area contributed by atoms with Crippen molar-refractivity contribution in [3.8, 4) is 11.3 Å². The summed E-state index contributed by atoms with van der Waals surface area (Å²) in [6.45, 7) is 2.21. The Balaban J connectivity index is 1.73. The number of carbonyl (C=O) groups is 1. The lowest BCUT2D eigenvalue weighted by Gasteiger charge is -2.09. The number of nitrogens with one attached hydrogen (secondary N) is 3. The third-order valence-electron chi connectivity index (χ3n) is 3.58. The fraction of sp³-hybridized carbons (Fsp3) is 0.111. The number of halogens is 1. The average molecular weight is 324 g/mol. The summed E-state index contributed by atoms with van der Waals surface area (Å²) in [7, 11) is 0. The summed E-state index contributed by atoms with van der Waals surface area (Å²) in [5.74, 6) is -0.354. The highest BCUT2D eigenvalue weighted by molar-refractivity contribution is 5.94. The third kappa shape index (κ3) is 3.60. The second-order valence-corrected chi connectivity index (χ2v) is 5.38. The third-order valence-corrected chi connectivity index (χ3v) is 3.58. The standard InChI is InChI=1S/C18H17FN4O/c1-12-16(17(23-22-12)14-8-5-9-15(19)10-14)21-18(24)20-11-13-6-3-2-4-7-13/h2-10H,11H2,1H3,(H,22,23)(H2,20,21,24). The maximum atomic E-state index is 13.4. The molecule has 3 rings (SSSR count). The van der Waals surface area contributed by atoms with Crippen molar-refractivity contribution in [2.45, 2.75) is 13.5 Å². The van der Waals surface area contributed by atoms with Crippen LogP contribution < -0.4 is 10.6 Å². The van der Waals surface area contributed by atoms with Crippen LogP contribution in [0.5, 0.6) is 0 Å². The van der Waals surface area contributed by atoms with Gasteiger partial charge in [-0.3, -0.25) is 5.10 Å². The molecular weight excluding hydrogens is 307 g/mol. The second kappa shape index (κ2) is 6.95. The number of hydrogen-bond donors (Lipinski definition) is 3. The Bertz CT molecular complexity index is 845. The quantitative estimate of drug-likeness (QED) is 0.682. The monoisotopic (exact) mass is 324 g/mol. The highest BCUT2D eigenvalue weighted by Crippen LogP contribution is 2.28. The van der Waals surface area contributed by atoms with Gasteiger partial charge < -0.3 is 10.6 Å². The zero-order chi connectivity index (χ0) is 16.9. The lowest BCUT2D eigenvalue weighted by atomic mass is 10.1. The first-order valence-electron chi connectivity index (χ1n) is 7.53. The van der Waals surface area contributed by atoms with Crippen molar-refractivity contribution in [3.05, 3.63) is 71.7 Å². The molecule has 0 aliphatic rings. The molecule has 3 N–H and O–H groups in total. The van der Waals surface area contributed by atoms with E-state index in [0.717, 1.165) is 5.56 Å². The van der Waals surface area contributed by atoms with Gasteiger partial charge in [0.25, 0.3) is 0 Å². The first-order valence-corrected chi connectivity index (χ1v) is 7.53. The summed E-state index contributed by atoms with van der Waals surface area (Å²) in [5, 5.41) is 12.6. The smallest absolute Gasteiger partial charge is 0.319 e. The molecule has 2 aromatic carbocycles. The SMILES string of the molecule is Cc1[nH]nc(-c2cccc(F)c2)c1NC(=O)NCc1ccccc1. The number of amides is 2. The van der Waals surface area contributed by atoms with Crippen LogP contribution in [0.15, 0.2) is 54.6 Å². The minimum absolute atomic E-state index is 0.346. The van der Waals surface area contributed by atoms with Gasteiger partial charge in [-0.1, -0.05) is 42.5 Å². The number of urea groups is 1. The number of aryl methyl sites for hydroxylation is 1. The molecule has 122 valence electrons. The van der Waals surface area contributed by atoms with Gasteiger partial charge in [-0.2, -0.15) is 5.10 Å². The molecule has 3 aromatic rings. The van der Waals surface area contributed by atoms with Crippen LogP contribution in [0, 0.1) is 12.7 Å². The van der Waals surface area contributed by atoms with E-state index in [4.69, 9.17) is 0 Å². The molecule has 2 amide bonds. The maximum absolute atomic E-state index is 13.4. The number of carbonyl (C=O) groups excluding carboxylic acids is 1. The molecule has 0 bridgehead atoms. The van der Waals surface area contributed by atoms with E-state index in [1.165, 1.54) is 12.1 Å². The molecule has 0 atom stereocenters. The van der Waals surface area contributed by atoms with E-state index in [9.17, 15) is 9.18 Å². The van der Waals surface area contributed by atoms with E-state index >= 15 is 0 Å². The molecule has 0 aliphatic heterocycles. The highest BCUT2D eigenvalue weighted by Gasteiger charge is 2.15. The largest absolute Gasteiger partial charge is 0.334 e. The lowest BCUT2D eigenvalue weighted by molar-refractivity contribution is 0.251. The van der Waals surface area contributed by atoms with Crippen LogP contribution in [0.2, 0.25) is 0 Å². The summed E-state index contributed by atoms with van der Waals surface area (Å²) < 4.78 is 13.4. The van der Waals surface area contributed by atoms with Crippen LogP contribution in [0.1, 0.15) is 11.3 Å². The summed E-state index contributed by atoms with van der Waals surface area (Å²) in [6.07, 6.45) is 0. The summed E-state index contributed by atoms with van der Waals surface area (Å²) in [4.78, 5) is 12.1. The van der Waals surface area contributed by atoms with E-state index in [1.54, 1.807) is 19.1 Å². The van der Waals surface area contributed by atoms with Gasteiger partial charge in [-0.15, -0.1) is 0 Å². The van der Waals surface area contributed by atoms with Gasteiger partial charge in [0.2, 0.25) is 0 Å². The van der Waals surface area contributed by atoms with Crippen LogP contribution >= 0.6 is 0 Å². The van der Waals surface area contributed by atoms with Crippen LogP contribution in [-0.2, 0) is 6.54 Å². The van der Waals surface area contributed by atoms with Crippen LogP contribution in [0.3, 0.4) is 0 Å². The zero-order valence-electron chi connectivity index (χ0n) is 13.1. The van der Waals surface area contributed by atoms with Gasteiger partial charge in [-0.05, 0) is 24.6 Å². The van der Waals surface area contributed by atoms with Crippen molar-refractivity contribution >= 4 is 11.7 Å². The van der Waals surface area contributed by atoms with Gasteiger partial charge >= 0.3 is 6.03 Å². The van der Waals surface area contributed by atoms with E-state index in [-0.39, 0.29) is 11.8 Å². The Morgan fingerprint density at radius 2 is 1.96 bits per heavy atom. The van der Waals surface area contributed by atoms with E-state index in [1.807, 2.05) is 30.3 Å². The van der Waals surface area contributed by atoms with Gasteiger partial charge in [0.05, 0.1) is 11.4 Å².